The van der Waals surface area contributed by atoms with Gasteiger partial charge < -0.3 is 24.5 Å². The Hall–Kier alpha value is -2.23. The summed E-state index contributed by atoms with van der Waals surface area (Å²) in [7, 11) is -0.985. The maximum Gasteiger partial charge on any atom is 0.472 e. The highest BCUT2D eigenvalue weighted by molar-refractivity contribution is 6.45. The molecule has 2 atom stereocenters. The van der Waals surface area contributed by atoms with E-state index >= 15 is 0 Å². The van der Waals surface area contributed by atoms with Gasteiger partial charge in [-0.05, 0) is 37.9 Å². The lowest BCUT2D eigenvalue weighted by Crippen LogP contribution is -2.51. The molecule has 2 heterocycles. The second kappa shape index (κ2) is 8.93. The van der Waals surface area contributed by atoms with Crippen molar-refractivity contribution in [3.05, 3.63) is 36.2 Å². The number of carboxylic acids is 1. The highest BCUT2D eigenvalue weighted by atomic mass is 16.5. The Labute approximate surface area is 151 Å². The quantitative estimate of drug-likeness (QED) is 0.477. The average molecular weight is 359 g/mol. The van der Waals surface area contributed by atoms with Crippen LogP contribution in [0.5, 0.6) is 0 Å². The lowest BCUT2D eigenvalue weighted by atomic mass is 9.72. The number of nitrogens with one attached hydrogen (secondary N) is 1. The molecule has 1 aliphatic heterocycles. The molecule has 1 aromatic carbocycles. The van der Waals surface area contributed by atoms with Crippen molar-refractivity contribution in [2.45, 2.75) is 44.1 Å². The Balaban J connectivity index is 1.38. The van der Waals surface area contributed by atoms with Crippen molar-refractivity contribution in [3.8, 4) is 11.5 Å². The number of nitrogens with zero attached hydrogens (tertiary/aromatic N) is 2. The number of carboxylic acid groups (broad SMARTS) is 1. The van der Waals surface area contributed by atoms with Gasteiger partial charge in [-0.3, -0.25) is 4.79 Å². The maximum absolute atomic E-state index is 10.7. The van der Waals surface area contributed by atoms with E-state index in [0.717, 1.165) is 12.0 Å². The number of aliphatic carboxylic acids is 1. The lowest BCUT2D eigenvalue weighted by molar-refractivity contribution is -0.139. The number of aryl methyl sites for hydroxylation is 1. The monoisotopic (exact) mass is 359 g/mol. The third-order valence-corrected chi connectivity index (χ3v) is 4.34. The van der Waals surface area contributed by atoms with E-state index in [-0.39, 0.29) is 12.4 Å². The fraction of sp³-hybridized carbons (Fsp3) is 0.471. The van der Waals surface area contributed by atoms with Crippen LogP contribution in [0, 0.1) is 0 Å². The van der Waals surface area contributed by atoms with Crippen LogP contribution in [0.4, 0.5) is 0 Å². The molecule has 1 aromatic heterocycles. The summed E-state index contributed by atoms with van der Waals surface area (Å²) in [5.41, 5.74) is 0.891. The van der Waals surface area contributed by atoms with Crippen molar-refractivity contribution in [1.29, 1.82) is 0 Å². The molecule has 0 saturated carbocycles. The zero-order chi connectivity index (χ0) is 18.4. The molecule has 2 aromatic rings. The van der Waals surface area contributed by atoms with Crippen LogP contribution in [0.2, 0.25) is 0 Å². The van der Waals surface area contributed by atoms with Crippen LogP contribution >= 0.6 is 0 Å². The number of rotatable bonds is 8. The Bertz CT molecular complexity index is 711. The van der Waals surface area contributed by atoms with Gasteiger partial charge in [0.2, 0.25) is 11.8 Å². The summed E-state index contributed by atoms with van der Waals surface area (Å²) in [6.07, 6.45) is 2.21. The van der Waals surface area contributed by atoms with Gasteiger partial charge in [0.05, 0.1) is 12.5 Å². The molecule has 0 aliphatic carbocycles. The van der Waals surface area contributed by atoms with Crippen LogP contribution < -0.4 is 5.32 Å². The van der Waals surface area contributed by atoms with E-state index in [1.807, 2.05) is 30.3 Å². The van der Waals surface area contributed by atoms with E-state index in [1.165, 1.54) is 0 Å². The first-order valence-electron chi connectivity index (χ1n) is 8.78. The number of benzene rings is 1. The van der Waals surface area contributed by atoms with Crippen LogP contribution in [0.1, 0.15) is 31.6 Å². The molecule has 1 saturated heterocycles. The molecule has 138 valence electrons. The van der Waals surface area contributed by atoms with E-state index in [4.69, 9.17) is 14.2 Å². The Morgan fingerprint density at radius 2 is 2.08 bits per heavy atom. The topological polar surface area (TPSA) is 118 Å². The second-order valence-electron chi connectivity index (χ2n) is 6.36. The van der Waals surface area contributed by atoms with Gasteiger partial charge in [-0.25, -0.2) is 0 Å². The van der Waals surface area contributed by atoms with E-state index in [2.05, 4.69) is 15.5 Å². The van der Waals surface area contributed by atoms with E-state index < -0.39 is 19.2 Å². The normalized spacial score (nSPS) is 20.3. The molecule has 26 heavy (non-hydrogen) atoms. The molecule has 0 unspecified atom stereocenters. The molecule has 0 amide bonds. The predicted molar refractivity (Wildman–Crippen MR) is 94.2 cm³/mol. The van der Waals surface area contributed by atoms with Crippen LogP contribution in [0.25, 0.3) is 11.5 Å². The van der Waals surface area contributed by atoms with Crippen LogP contribution in [0.15, 0.2) is 34.7 Å². The number of aromatic nitrogens is 2. The zero-order valence-electron chi connectivity index (χ0n) is 14.4. The first-order valence-corrected chi connectivity index (χ1v) is 8.78. The molecular formula is C17H22BN3O5. The molecule has 0 spiro atoms. The van der Waals surface area contributed by atoms with E-state index in [9.17, 15) is 9.82 Å². The van der Waals surface area contributed by atoms with Gasteiger partial charge in [-0.15, -0.1) is 10.2 Å². The van der Waals surface area contributed by atoms with Crippen molar-refractivity contribution in [2.24, 2.45) is 0 Å². The summed E-state index contributed by atoms with van der Waals surface area (Å²) >= 11 is 0. The minimum absolute atomic E-state index is 0.0787. The number of hydrogen-bond donors (Lipinski definition) is 3. The summed E-state index contributed by atoms with van der Waals surface area (Å²) < 4.78 is 11.0. The van der Waals surface area contributed by atoms with Gasteiger partial charge in [0.1, 0.15) is 0 Å². The largest absolute Gasteiger partial charge is 0.481 e. The van der Waals surface area contributed by atoms with Crippen LogP contribution in [-0.2, 0) is 15.9 Å². The third kappa shape index (κ3) is 5.14. The smallest absolute Gasteiger partial charge is 0.472 e. The first-order chi connectivity index (χ1) is 12.6. The fourth-order valence-electron chi connectivity index (χ4n) is 2.99. The van der Waals surface area contributed by atoms with Gasteiger partial charge in [-0.1, -0.05) is 18.2 Å². The lowest BCUT2D eigenvalue weighted by Gasteiger charge is -2.31. The standard InChI is InChI=1S/C17H22BN3O5/c22-16(23)11-13-8-9-14(18(24)26-13)19-10-4-7-15-20-21-17(25-15)12-5-2-1-3-6-12/h1-3,5-6,13-14,19,24H,4,7-11H2,(H,22,23)/t13-,14-/m0/s1. The highest BCUT2D eigenvalue weighted by Crippen LogP contribution is 2.19. The summed E-state index contributed by atoms with van der Waals surface area (Å²) in [6, 6.07) is 9.60. The SMILES string of the molecule is O=C(O)C[C@@H]1CC[C@H](NCCCc2nnc(-c3ccccc3)o2)B(O)O1. The van der Waals surface area contributed by atoms with E-state index in [1.54, 1.807) is 0 Å². The first kappa shape index (κ1) is 18.6. The van der Waals surface area contributed by atoms with Gasteiger partial charge in [-0.2, -0.15) is 0 Å². The molecule has 1 fully saturated rings. The molecule has 0 bridgehead atoms. The minimum Gasteiger partial charge on any atom is -0.481 e. The minimum atomic E-state index is -0.985. The van der Waals surface area contributed by atoms with E-state index in [0.29, 0.717) is 37.6 Å². The Morgan fingerprint density at radius 1 is 1.27 bits per heavy atom. The van der Waals surface area contributed by atoms with Gasteiger partial charge in [0.15, 0.2) is 0 Å². The van der Waals surface area contributed by atoms with Gasteiger partial charge in [0, 0.05) is 17.9 Å². The third-order valence-electron chi connectivity index (χ3n) is 4.34. The number of carbonyl (C=O) groups is 1. The summed E-state index contributed by atoms with van der Waals surface area (Å²) in [6.45, 7) is 0.664. The summed E-state index contributed by atoms with van der Waals surface area (Å²) in [5, 5.41) is 30.1. The Morgan fingerprint density at radius 3 is 2.81 bits per heavy atom. The molecule has 3 N–H and O–H groups in total. The maximum atomic E-state index is 10.7. The van der Waals surface area contributed by atoms with Crippen LogP contribution in [-0.4, -0.2) is 52.0 Å². The molecule has 9 heteroatoms. The fourth-order valence-corrected chi connectivity index (χ4v) is 2.99. The van der Waals surface area contributed by atoms with Crippen molar-refractivity contribution in [2.75, 3.05) is 6.54 Å². The van der Waals surface area contributed by atoms with Gasteiger partial charge in [0.25, 0.3) is 0 Å². The van der Waals surface area contributed by atoms with Crippen molar-refractivity contribution >= 4 is 13.1 Å². The Kier molecular flexibility index (Phi) is 6.38. The molecule has 3 rings (SSSR count). The van der Waals surface area contributed by atoms with Gasteiger partial charge >= 0.3 is 13.1 Å². The average Bonchev–Trinajstić information content (AvgIpc) is 3.09. The van der Waals surface area contributed by atoms with Crippen molar-refractivity contribution in [1.82, 2.24) is 15.5 Å². The molecular weight excluding hydrogens is 337 g/mol. The zero-order valence-corrected chi connectivity index (χ0v) is 14.4. The summed E-state index contributed by atoms with van der Waals surface area (Å²) in [5.74, 6) is -0.0209. The van der Waals surface area contributed by atoms with Crippen molar-refractivity contribution < 1.29 is 24.0 Å². The van der Waals surface area contributed by atoms with Crippen LogP contribution in [0.3, 0.4) is 0 Å². The molecule has 0 radical (unpaired) electrons. The molecule has 8 nitrogen and oxygen atoms in total. The second-order valence-corrected chi connectivity index (χ2v) is 6.36. The predicted octanol–water partition coefficient (Wildman–Crippen LogP) is 1.30. The summed E-state index contributed by atoms with van der Waals surface area (Å²) in [4.78, 5) is 10.7. The highest BCUT2D eigenvalue weighted by Gasteiger charge is 2.35. The number of hydrogen-bond acceptors (Lipinski definition) is 7. The van der Waals surface area contributed by atoms with Crippen molar-refractivity contribution in [3.63, 3.8) is 0 Å². The molecule has 1 aliphatic rings.